The van der Waals surface area contributed by atoms with E-state index in [2.05, 4.69) is 5.32 Å². The monoisotopic (exact) mass is 247 g/mol. The van der Waals surface area contributed by atoms with E-state index in [-0.39, 0.29) is 19.6 Å². The standard InChI is InChI=1S/C12H13N3O3/c13-5-2-6-15-11(16)8-18-12(17)9-3-1-4-10(14)7-9/h1,3-4,7H,2,6,8,14H2,(H,15,16). The van der Waals surface area contributed by atoms with Crippen LogP contribution < -0.4 is 11.1 Å². The van der Waals surface area contributed by atoms with Crippen molar-refractivity contribution in [3.63, 3.8) is 0 Å². The second kappa shape index (κ2) is 6.91. The number of rotatable bonds is 5. The fourth-order valence-corrected chi connectivity index (χ4v) is 1.19. The summed E-state index contributed by atoms with van der Waals surface area (Å²) >= 11 is 0. The van der Waals surface area contributed by atoms with E-state index < -0.39 is 11.9 Å². The molecule has 3 N–H and O–H groups in total. The van der Waals surface area contributed by atoms with Gasteiger partial charge in [-0.3, -0.25) is 4.79 Å². The molecule has 0 radical (unpaired) electrons. The molecule has 0 fully saturated rings. The van der Waals surface area contributed by atoms with Crippen LogP contribution in [0.2, 0.25) is 0 Å². The molecule has 0 aromatic heterocycles. The highest BCUT2D eigenvalue weighted by Gasteiger charge is 2.09. The number of nitriles is 1. The van der Waals surface area contributed by atoms with Gasteiger partial charge in [0.05, 0.1) is 18.1 Å². The van der Waals surface area contributed by atoms with Gasteiger partial charge in [-0.15, -0.1) is 0 Å². The zero-order chi connectivity index (χ0) is 13.4. The van der Waals surface area contributed by atoms with Crippen molar-refractivity contribution in [3.8, 4) is 6.07 Å². The number of esters is 1. The lowest BCUT2D eigenvalue weighted by atomic mass is 10.2. The molecule has 0 bridgehead atoms. The topological polar surface area (TPSA) is 105 Å². The van der Waals surface area contributed by atoms with Crippen molar-refractivity contribution in [1.29, 1.82) is 5.26 Å². The zero-order valence-corrected chi connectivity index (χ0v) is 9.68. The quantitative estimate of drug-likeness (QED) is 0.446. The highest BCUT2D eigenvalue weighted by molar-refractivity contribution is 5.92. The maximum Gasteiger partial charge on any atom is 0.338 e. The Bertz CT molecular complexity index is 480. The van der Waals surface area contributed by atoms with E-state index in [9.17, 15) is 9.59 Å². The van der Waals surface area contributed by atoms with Gasteiger partial charge in [0.1, 0.15) is 0 Å². The second-order valence-corrected chi connectivity index (χ2v) is 3.46. The van der Waals surface area contributed by atoms with Crippen LogP contribution in [-0.2, 0) is 9.53 Å². The number of hydrogen-bond donors (Lipinski definition) is 2. The predicted octanol–water partition coefficient (Wildman–Crippen LogP) is 0.455. The SMILES string of the molecule is N#CCCNC(=O)COC(=O)c1cccc(N)c1. The number of nitrogens with zero attached hydrogens (tertiary/aromatic N) is 1. The highest BCUT2D eigenvalue weighted by atomic mass is 16.5. The van der Waals surface area contributed by atoms with Gasteiger partial charge in [-0.25, -0.2) is 4.79 Å². The molecule has 94 valence electrons. The molecule has 1 aromatic rings. The van der Waals surface area contributed by atoms with Crippen LogP contribution in [0.3, 0.4) is 0 Å². The van der Waals surface area contributed by atoms with Crippen LogP contribution in [0.5, 0.6) is 0 Å². The lowest BCUT2D eigenvalue weighted by molar-refractivity contribution is -0.124. The summed E-state index contributed by atoms with van der Waals surface area (Å²) in [5, 5.41) is 10.7. The maximum atomic E-state index is 11.5. The third kappa shape index (κ3) is 4.53. The molecule has 0 unspecified atom stereocenters. The number of nitrogen functional groups attached to an aromatic ring is 1. The molecule has 0 aliphatic carbocycles. The van der Waals surface area contributed by atoms with Crippen molar-refractivity contribution >= 4 is 17.6 Å². The minimum atomic E-state index is -0.613. The lowest BCUT2D eigenvalue weighted by Gasteiger charge is -2.05. The predicted molar refractivity (Wildman–Crippen MR) is 64.4 cm³/mol. The Morgan fingerprint density at radius 1 is 1.44 bits per heavy atom. The number of nitrogens with two attached hydrogens (primary N) is 1. The van der Waals surface area contributed by atoms with Crippen LogP contribution in [0, 0.1) is 11.3 Å². The van der Waals surface area contributed by atoms with Crippen LogP contribution in [0.15, 0.2) is 24.3 Å². The van der Waals surface area contributed by atoms with Gasteiger partial charge < -0.3 is 15.8 Å². The maximum absolute atomic E-state index is 11.5. The molecule has 18 heavy (non-hydrogen) atoms. The molecule has 1 amide bonds. The molecule has 0 aliphatic heterocycles. The number of hydrogen-bond acceptors (Lipinski definition) is 5. The molecule has 6 heteroatoms. The van der Waals surface area contributed by atoms with Gasteiger partial charge in [-0.05, 0) is 18.2 Å². The van der Waals surface area contributed by atoms with Crippen LogP contribution in [0.4, 0.5) is 5.69 Å². The normalized spacial score (nSPS) is 9.28. The van der Waals surface area contributed by atoms with Gasteiger partial charge in [0.15, 0.2) is 6.61 Å². The van der Waals surface area contributed by atoms with E-state index in [1.165, 1.54) is 6.07 Å². The summed E-state index contributed by atoms with van der Waals surface area (Å²) in [4.78, 5) is 22.7. The zero-order valence-electron chi connectivity index (χ0n) is 9.68. The molecular weight excluding hydrogens is 234 g/mol. The minimum absolute atomic E-state index is 0.217. The van der Waals surface area contributed by atoms with Crippen LogP contribution in [-0.4, -0.2) is 25.0 Å². The van der Waals surface area contributed by atoms with E-state index >= 15 is 0 Å². The molecule has 1 aromatic carbocycles. The largest absolute Gasteiger partial charge is 0.452 e. The second-order valence-electron chi connectivity index (χ2n) is 3.46. The summed E-state index contributed by atoms with van der Waals surface area (Å²) in [5.74, 6) is -1.06. The average molecular weight is 247 g/mol. The molecule has 0 saturated heterocycles. The van der Waals surface area contributed by atoms with E-state index in [4.69, 9.17) is 15.7 Å². The molecule has 0 heterocycles. The average Bonchev–Trinajstić information content (AvgIpc) is 2.36. The van der Waals surface area contributed by atoms with Crippen molar-refractivity contribution in [2.75, 3.05) is 18.9 Å². The number of ether oxygens (including phenoxy) is 1. The summed E-state index contributed by atoms with van der Waals surface area (Å²) in [6, 6.07) is 8.17. The fraction of sp³-hybridized carbons (Fsp3) is 0.250. The first kappa shape index (κ1) is 13.5. The Hall–Kier alpha value is -2.55. The van der Waals surface area contributed by atoms with Crippen LogP contribution in [0.25, 0.3) is 0 Å². The van der Waals surface area contributed by atoms with Gasteiger partial charge in [-0.1, -0.05) is 6.07 Å². The number of benzene rings is 1. The van der Waals surface area contributed by atoms with E-state index in [1.807, 2.05) is 6.07 Å². The van der Waals surface area contributed by atoms with Gasteiger partial charge in [0.25, 0.3) is 5.91 Å². The summed E-state index contributed by atoms with van der Waals surface area (Å²) in [7, 11) is 0. The Morgan fingerprint density at radius 2 is 2.22 bits per heavy atom. The van der Waals surface area contributed by atoms with Crippen molar-refractivity contribution < 1.29 is 14.3 Å². The fourth-order valence-electron chi connectivity index (χ4n) is 1.19. The summed E-state index contributed by atoms with van der Waals surface area (Å²) in [6.07, 6.45) is 0.217. The lowest BCUT2D eigenvalue weighted by Crippen LogP contribution is -2.29. The smallest absolute Gasteiger partial charge is 0.338 e. The van der Waals surface area contributed by atoms with Crippen molar-refractivity contribution in [3.05, 3.63) is 29.8 Å². The van der Waals surface area contributed by atoms with Crippen LogP contribution in [0.1, 0.15) is 16.8 Å². The highest BCUT2D eigenvalue weighted by Crippen LogP contribution is 2.07. The molecule has 1 rings (SSSR count). The molecule has 0 spiro atoms. The molecule has 0 aliphatic rings. The molecule has 6 nitrogen and oxygen atoms in total. The van der Waals surface area contributed by atoms with Crippen LogP contribution >= 0.6 is 0 Å². The Labute approximate surface area is 104 Å². The van der Waals surface area contributed by atoms with Gasteiger partial charge in [0, 0.05) is 12.2 Å². The summed E-state index contributed by atoms with van der Waals surface area (Å²) in [6.45, 7) is -0.135. The third-order valence-corrected chi connectivity index (χ3v) is 2.02. The van der Waals surface area contributed by atoms with E-state index in [0.29, 0.717) is 11.3 Å². The first-order valence-corrected chi connectivity index (χ1v) is 5.30. The Balaban J connectivity index is 2.38. The first-order valence-electron chi connectivity index (χ1n) is 5.30. The first-order chi connectivity index (χ1) is 8.63. The number of amides is 1. The summed E-state index contributed by atoms with van der Waals surface area (Å²) < 4.78 is 4.79. The minimum Gasteiger partial charge on any atom is -0.452 e. The number of anilines is 1. The Kier molecular flexibility index (Phi) is 5.19. The number of carbonyl (C=O) groups excluding carboxylic acids is 2. The third-order valence-electron chi connectivity index (χ3n) is 2.02. The van der Waals surface area contributed by atoms with Crippen molar-refractivity contribution in [2.24, 2.45) is 0 Å². The van der Waals surface area contributed by atoms with Crippen molar-refractivity contribution in [2.45, 2.75) is 6.42 Å². The summed E-state index contributed by atoms with van der Waals surface area (Å²) in [5.41, 5.74) is 6.25. The van der Waals surface area contributed by atoms with E-state index in [0.717, 1.165) is 0 Å². The van der Waals surface area contributed by atoms with Gasteiger partial charge >= 0.3 is 5.97 Å². The molecule has 0 saturated carbocycles. The van der Waals surface area contributed by atoms with Gasteiger partial charge in [-0.2, -0.15) is 5.26 Å². The van der Waals surface area contributed by atoms with Crippen molar-refractivity contribution in [1.82, 2.24) is 5.32 Å². The van der Waals surface area contributed by atoms with E-state index in [1.54, 1.807) is 18.2 Å². The van der Waals surface area contributed by atoms with Gasteiger partial charge in [0.2, 0.25) is 0 Å². The molecule has 0 atom stereocenters. The molecular formula is C12H13N3O3. The Morgan fingerprint density at radius 3 is 2.89 bits per heavy atom. The number of nitrogens with one attached hydrogen (secondary N) is 1. The number of carbonyl (C=O) groups is 2.